The SMILES string of the molecule is C=C(C)C(=O)OC1(C=CC)c2ccccc2-c2c1ccc1ccccc21. The number of ether oxygens (including phenoxy) is 1. The number of hydrogen-bond donors (Lipinski definition) is 0. The van der Waals surface area contributed by atoms with E-state index in [1.807, 2.05) is 49.4 Å². The summed E-state index contributed by atoms with van der Waals surface area (Å²) in [7, 11) is 0. The number of allylic oxidation sites excluding steroid dienone is 1. The van der Waals surface area contributed by atoms with E-state index in [4.69, 9.17) is 4.74 Å². The van der Waals surface area contributed by atoms with E-state index in [1.54, 1.807) is 6.92 Å². The second-order valence-electron chi connectivity index (χ2n) is 6.66. The van der Waals surface area contributed by atoms with Crippen LogP contribution in [0.15, 0.2) is 85.0 Å². The third-order valence-corrected chi connectivity index (χ3v) is 4.93. The highest BCUT2D eigenvalue weighted by atomic mass is 16.6. The van der Waals surface area contributed by atoms with Gasteiger partial charge in [-0.3, -0.25) is 0 Å². The van der Waals surface area contributed by atoms with Gasteiger partial charge >= 0.3 is 5.97 Å². The molecule has 26 heavy (non-hydrogen) atoms. The second kappa shape index (κ2) is 5.99. The highest BCUT2D eigenvalue weighted by molar-refractivity contribution is 6.03. The molecule has 2 nitrogen and oxygen atoms in total. The van der Waals surface area contributed by atoms with Gasteiger partial charge < -0.3 is 4.74 Å². The molecule has 1 aliphatic carbocycles. The summed E-state index contributed by atoms with van der Waals surface area (Å²) in [5.74, 6) is -0.390. The molecule has 0 heterocycles. The van der Waals surface area contributed by atoms with E-state index in [-0.39, 0.29) is 5.97 Å². The van der Waals surface area contributed by atoms with Crippen LogP contribution in [-0.2, 0) is 15.1 Å². The first kappa shape index (κ1) is 16.3. The molecule has 3 aromatic rings. The van der Waals surface area contributed by atoms with Gasteiger partial charge in [-0.15, -0.1) is 0 Å². The van der Waals surface area contributed by atoms with Crippen molar-refractivity contribution in [2.75, 3.05) is 0 Å². The zero-order chi connectivity index (χ0) is 18.3. The lowest BCUT2D eigenvalue weighted by molar-refractivity contribution is -0.147. The molecule has 0 spiro atoms. The highest BCUT2D eigenvalue weighted by Gasteiger charge is 2.45. The minimum atomic E-state index is -0.930. The quantitative estimate of drug-likeness (QED) is 0.344. The maximum Gasteiger partial charge on any atom is 0.334 e. The Kier molecular flexibility index (Phi) is 3.77. The fourth-order valence-corrected chi connectivity index (χ4v) is 3.83. The van der Waals surface area contributed by atoms with Gasteiger partial charge in [0.15, 0.2) is 5.60 Å². The summed E-state index contributed by atoms with van der Waals surface area (Å²) in [6.07, 6.45) is 3.90. The second-order valence-corrected chi connectivity index (χ2v) is 6.66. The average Bonchev–Trinajstić information content (AvgIpc) is 2.93. The molecule has 0 fully saturated rings. The molecule has 0 amide bonds. The maximum atomic E-state index is 12.5. The van der Waals surface area contributed by atoms with E-state index in [1.165, 1.54) is 5.39 Å². The van der Waals surface area contributed by atoms with Crippen LogP contribution in [0, 0.1) is 0 Å². The van der Waals surface area contributed by atoms with Gasteiger partial charge in [0, 0.05) is 16.7 Å². The van der Waals surface area contributed by atoms with Gasteiger partial charge in [0.05, 0.1) is 0 Å². The van der Waals surface area contributed by atoms with E-state index in [0.717, 1.165) is 27.6 Å². The number of carbonyl (C=O) groups excluding carboxylic acids is 1. The molecule has 0 saturated carbocycles. The van der Waals surface area contributed by atoms with Crippen LogP contribution < -0.4 is 0 Å². The van der Waals surface area contributed by atoms with Crippen molar-refractivity contribution >= 4 is 16.7 Å². The molecule has 0 N–H and O–H groups in total. The van der Waals surface area contributed by atoms with Gasteiger partial charge in [-0.05, 0) is 41.8 Å². The molecule has 0 saturated heterocycles. The summed E-state index contributed by atoms with van der Waals surface area (Å²) in [4.78, 5) is 12.5. The van der Waals surface area contributed by atoms with Crippen molar-refractivity contribution in [3.8, 4) is 11.1 Å². The van der Waals surface area contributed by atoms with Crippen LogP contribution in [0.4, 0.5) is 0 Å². The lowest BCUT2D eigenvalue weighted by Crippen LogP contribution is -2.30. The standard InChI is InChI=1S/C24H20O2/c1-4-15-24(26-23(25)16(2)3)20-12-8-7-11-19(20)22-18-10-6-5-9-17(18)13-14-21(22)24/h4-15H,2H2,1,3H3. The predicted octanol–water partition coefficient (Wildman–Crippen LogP) is 5.76. The first-order valence-corrected chi connectivity index (χ1v) is 8.73. The van der Waals surface area contributed by atoms with Gasteiger partial charge in [0.2, 0.25) is 0 Å². The van der Waals surface area contributed by atoms with Crippen molar-refractivity contribution in [1.29, 1.82) is 0 Å². The Labute approximate surface area is 153 Å². The normalized spacial score (nSPS) is 17.9. The zero-order valence-corrected chi connectivity index (χ0v) is 15.0. The average molecular weight is 340 g/mol. The number of fused-ring (bicyclic) bond motifs is 5. The summed E-state index contributed by atoms with van der Waals surface area (Å²) in [6.45, 7) is 7.37. The molecule has 0 radical (unpaired) electrons. The van der Waals surface area contributed by atoms with Crippen LogP contribution in [0.25, 0.3) is 21.9 Å². The third kappa shape index (κ3) is 2.22. The fourth-order valence-electron chi connectivity index (χ4n) is 3.83. The molecule has 2 heteroatoms. The third-order valence-electron chi connectivity index (χ3n) is 4.93. The molecule has 4 rings (SSSR count). The molecule has 1 atom stereocenters. The molecule has 0 aromatic heterocycles. The summed E-state index contributed by atoms with van der Waals surface area (Å²) in [6, 6.07) is 20.6. The van der Waals surface area contributed by atoms with Crippen LogP contribution >= 0.6 is 0 Å². The number of carbonyl (C=O) groups is 1. The first-order chi connectivity index (χ1) is 12.6. The van der Waals surface area contributed by atoms with Crippen molar-refractivity contribution in [3.63, 3.8) is 0 Å². The summed E-state index contributed by atoms with van der Waals surface area (Å²) >= 11 is 0. The largest absolute Gasteiger partial charge is 0.441 e. The molecular weight excluding hydrogens is 320 g/mol. The van der Waals surface area contributed by atoms with Crippen molar-refractivity contribution in [2.45, 2.75) is 19.4 Å². The summed E-state index contributed by atoms with van der Waals surface area (Å²) < 4.78 is 6.08. The van der Waals surface area contributed by atoms with E-state index in [2.05, 4.69) is 36.9 Å². The monoisotopic (exact) mass is 340 g/mol. The van der Waals surface area contributed by atoms with Crippen LogP contribution in [0.2, 0.25) is 0 Å². The van der Waals surface area contributed by atoms with Crippen LogP contribution in [0.3, 0.4) is 0 Å². The van der Waals surface area contributed by atoms with E-state index < -0.39 is 5.60 Å². The maximum absolute atomic E-state index is 12.5. The summed E-state index contributed by atoms with van der Waals surface area (Å²) in [5, 5.41) is 2.33. The zero-order valence-electron chi connectivity index (χ0n) is 15.0. The molecule has 3 aromatic carbocycles. The number of rotatable bonds is 3. The van der Waals surface area contributed by atoms with Crippen molar-refractivity contribution in [2.24, 2.45) is 0 Å². The number of esters is 1. The van der Waals surface area contributed by atoms with Crippen molar-refractivity contribution < 1.29 is 9.53 Å². The van der Waals surface area contributed by atoms with Gasteiger partial charge in [0.25, 0.3) is 0 Å². The predicted molar refractivity (Wildman–Crippen MR) is 106 cm³/mol. The van der Waals surface area contributed by atoms with Crippen molar-refractivity contribution in [3.05, 3.63) is 96.1 Å². The van der Waals surface area contributed by atoms with E-state index in [9.17, 15) is 4.79 Å². The van der Waals surface area contributed by atoms with Crippen LogP contribution in [0.5, 0.6) is 0 Å². The van der Waals surface area contributed by atoms with Gasteiger partial charge in [-0.2, -0.15) is 0 Å². The Bertz CT molecular complexity index is 1070. The lowest BCUT2D eigenvalue weighted by Gasteiger charge is -2.29. The smallest absolute Gasteiger partial charge is 0.334 e. The fraction of sp³-hybridized carbons (Fsp3) is 0.125. The number of hydrogen-bond acceptors (Lipinski definition) is 2. The Balaban J connectivity index is 2.10. The molecule has 1 unspecified atom stereocenters. The Hall–Kier alpha value is -3.13. The number of benzene rings is 3. The Morgan fingerprint density at radius 1 is 1.00 bits per heavy atom. The van der Waals surface area contributed by atoms with Crippen molar-refractivity contribution in [1.82, 2.24) is 0 Å². The Morgan fingerprint density at radius 3 is 2.50 bits per heavy atom. The lowest BCUT2D eigenvalue weighted by atomic mass is 9.89. The topological polar surface area (TPSA) is 26.3 Å². The molecular formula is C24H20O2. The minimum absolute atomic E-state index is 0.389. The van der Waals surface area contributed by atoms with Crippen LogP contribution in [0.1, 0.15) is 25.0 Å². The molecule has 0 bridgehead atoms. The summed E-state index contributed by atoms with van der Waals surface area (Å²) in [5.41, 5.74) is 3.67. The van der Waals surface area contributed by atoms with E-state index in [0.29, 0.717) is 5.57 Å². The Morgan fingerprint density at radius 2 is 1.73 bits per heavy atom. The first-order valence-electron chi connectivity index (χ1n) is 8.73. The van der Waals surface area contributed by atoms with Gasteiger partial charge in [-0.1, -0.05) is 73.3 Å². The van der Waals surface area contributed by atoms with Gasteiger partial charge in [-0.25, -0.2) is 4.79 Å². The molecule has 0 aliphatic heterocycles. The van der Waals surface area contributed by atoms with Gasteiger partial charge in [0.1, 0.15) is 0 Å². The minimum Gasteiger partial charge on any atom is -0.441 e. The van der Waals surface area contributed by atoms with Crippen LogP contribution in [-0.4, -0.2) is 5.97 Å². The molecule has 128 valence electrons. The molecule has 1 aliphatic rings. The van der Waals surface area contributed by atoms with E-state index >= 15 is 0 Å². The highest BCUT2D eigenvalue weighted by Crippen LogP contribution is 2.53.